The molecule has 1 saturated heterocycles. The van der Waals surface area contributed by atoms with Crippen molar-refractivity contribution >= 4 is 23.1 Å². The second-order valence-electron chi connectivity index (χ2n) is 8.12. The van der Waals surface area contributed by atoms with Gasteiger partial charge in [-0.2, -0.15) is 0 Å². The highest BCUT2D eigenvalue weighted by molar-refractivity contribution is 6.11. The number of aryl methyl sites for hydroxylation is 1. The molecule has 1 fully saturated rings. The fourth-order valence-corrected chi connectivity index (χ4v) is 4.19. The first-order chi connectivity index (χ1) is 15.6. The number of amidine groups is 1. The van der Waals surface area contributed by atoms with E-state index in [0.29, 0.717) is 16.8 Å². The Labute approximate surface area is 188 Å². The van der Waals surface area contributed by atoms with Crippen LogP contribution in [0.2, 0.25) is 0 Å². The quantitative estimate of drug-likeness (QED) is 0.231. The van der Waals surface area contributed by atoms with Crippen LogP contribution in [0.15, 0.2) is 71.9 Å². The normalized spacial score (nSPS) is 14.3. The van der Waals surface area contributed by atoms with E-state index in [-0.39, 0.29) is 11.7 Å². The molecule has 4 N–H and O–H groups in total. The molecule has 1 aliphatic rings. The molecule has 4 rings (SSSR count). The lowest BCUT2D eigenvalue weighted by atomic mass is 9.97. The Balaban J connectivity index is 1.66. The van der Waals surface area contributed by atoms with Crippen molar-refractivity contribution in [2.45, 2.75) is 26.2 Å². The summed E-state index contributed by atoms with van der Waals surface area (Å²) in [6.07, 6.45) is 3.60. The zero-order valence-electron chi connectivity index (χ0n) is 18.2. The van der Waals surface area contributed by atoms with Crippen LogP contribution in [0.4, 0.5) is 11.4 Å². The lowest BCUT2D eigenvalue weighted by Crippen LogP contribution is -2.29. The molecular formula is C26H28N4O2. The van der Waals surface area contributed by atoms with E-state index in [9.17, 15) is 10.0 Å². The lowest BCUT2D eigenvalue weighted by molar-refractivity contribution is 0.102. The third kappa shape index (κ3) is 4.59. The van der Waals surface area contributed by atoms with E-state index in [4.69, 9.17) is 5.73 Å². The maximum atomic E-state index is 13.1. The first-order valence-electron chi connectivity index (χ1n) is 10.9. The largest absolute Gasteiger partial charge is 0.409 e. The van der Waals surface area contributed by atoms with Gasteiger partial charge in [-0.15, -0.1) is 0 Å². The van der Waals surface area contributed by atoms with Gasteiger partial charge < -0.3 is 21.2 Å². The molecule has 0 spiro atoms. The fourth-order valence-electron chi connectivity index (χ4n) is 4.19. The van der Waals surface area contributed by atoms with Crippen LogP contribution in [-0.4, -0.2) is 30.0 Å². The third-order valence-electron chi connectivity index (χ3n) is 5.89. The average Bonchev–Trinajstić information content (AvgIpc) is 2.85. The minimum Gasteiger partial charge on any atom is -0.409 e. The molecule has 0 bridgehead atoms. The van der Waals surface area contributed by atoms with E-state index < -0.39 is 0 Å². The fraction of sp³-hybridized carbons (Fsp3) is 0.231. The van der Waals surface area contributed by atoms with Crippen molar-refractivity contribution in [3.63, 3.8) is 0 Å². The first-order valence-corrected chi connectivity index (χ1v) is 10.9. The molecule has 3 aromatic carbocycles. The van der Waals surface area contributed by atoms with E-state index in [1.807, 2.05) is 67.6 Å². The van der Waals surface area contributed by atoms with Crippen LogP contribution >= 0.6 is 0 Å². The number of piperidine rings is 1. The molecule has 0 radical (unpaired) electrons. The summed E-state index contributed by atoms with van der Waals surface area (Å²) in [5.41, 5.74) is 11.4. The predicted molar refractivity (Wildman–Crippen MR) is 130 cm³/mol. The topological polar surface area (TPSA) is 91.0 Å². The number of benzene rings is 3. The number of hydrogen-bond donors (Lipinski definition) is 3. The lowest BCUT2D eigenvalue weighted by Gasteiger charge is -2.29. The number of nitrogens with zero attached hydrogens (tertiary/aromatic N) is 2. The van der Waals surface area contributed by atoms with Gasteiger partial charge in [-0.05, 0) is 73.2 Å². The molecule has 1 heterocycles. The van der Waals surface area contributed by atoms with E-state index in [1.165, 1.54) is 19.3 Å². The summed E-state index contributed by atoms with van der Waals surface area (Å²) >= 11 is 0. The summed E-state index contributed by atoms with van der Waals surface area (Å²) in [4.78, 5) is 15.5. The summed E-state index contributed by atoms with van der Waals surface area (Å²) in [7, 11) is 0. The highest BCUT2D eigenvalue weighted by Gasteiger charge is 2.18. The number of nitrogens with one attached hydrogen (secondary N) is 1. The molecule has 6 heteroatoms. The second-order valence-corrected chi connectivity index (χ2v) is 8.12. The van der Waals surface area contributed by atoms with E-state index >= 15 is 0 Å². The maximum absolute atomic E-state index is 13.1. The van der Waals surface area contributed by atoms with Gasteiger partial charge in [0, 0.05) is 29.9 Å². The molecule has 0 saturated carbocycles. The monoisotopic (exact) mass is 428 g/mol. The summed E-state index contributed by atoms with van der Waals surface area (Å²) in [5, 5.41) is 15.5. The van der Waals surface area contributed by atoms with Gasteiger partial charge in [-0.3, -0.25) is 4.79 Å². The Morgan fingerprint density at radius 1 is 0.969 bits per heavy atom. The number of hydrogen-bond acceptors (Lipinski definition) is 4. The van der Waals surface area contributed by atoms with Crippen molar-refractivity contribution < 1.29 is 10.0 Å². The number of carbonyl (C=O) groups excluding carboxylic acids is 1. The maximum Gasteiger partial charge on any atom is 0.255 e. The van der Waals surface area contributed by atoms with Gasteiger partial charge in [0.25, 0.3) is 5.91 Å². The van der Waals surface area contributed by atoms with Crippen molar-refractivity contribution in [3.8, 4) is 11.1 Å². The Hall–Kier alpha value is -3.80. The van der Waals surface area contributed by atoms with Gasteiger partial charge in [0.1, 0.15) is 0 Å². The molecular weight excluding hydrogens is 400 g/mol. The zero-order valence-corrected chi connectivity index (χ0v) is 18.2. The van der Waals surface area contributed by atoms with Crippen LogP contribution in [0, 0.1) is 6.92 Å². The second kappa shape index (κ2) is 9.56. The number of carbonyl (C=O) groups is 1. The van der Waals surface area contributed by atoms with E-state index in [0.717, 1.165) is 35.5 Å². The molecule has 164 valence electrons. The van der Waals surface area contributed by atoms with Gasteiger partial charge in [-0.1, -0.05) is 41.6 Å². The van der Waals surface area contributed by atoms with E-state index in [2.05, 4.69) is 15.4 Å². The van der Waals surface area contributed by atoms with Gasteiger partial charge in [0.2, 0.25) is 0 Å². The van der Waals surface area contributed by atoms with Crippen molar-refractivity contribution in [2.24, 2.45) is 10.9 Å². The SMILES string of the molecule is Cc1cc(-c2ccccc2)cc(/C(N)=N/O)c1NC(=O)c1cccc(N2CCCCC2)c1. The Morgan fingerprint density at radius 3 is 2.44 bits per heavy atom. The molecule has 1 amide bonds. The van der Waals surface area contributed by atoms with E-state index in [1.54, 1.807) is 6.07 Å². The summed E-state index contributed by atoms with van der Waals surface area (Å²) in [5.74, 6) is -0.283. The molecule has 0 atom stereocenters. The van der Waals surface area contributed by atoms with Crippen LogP contribution in [0.1, 0.15) is 40.7 Å². The molecule has 3 aromatic rings. The van der Waals surface area contributed by atoms with Crippen LogP contribution in [0.3, 0.4) is 0 Å². The van der Waals surface area contributed by atoms with Crippen molar-refractivity contribution in [1.82, 2.24) is 0 Å². The smallest absolute Gasteiger partial charge is 0.255 e. The predicted octanol–water partition coefficient (Wildman–Crippen LogP) is 5.00. The Morgan fingerprint density at radius 2 is 1.72 bits per heavy atom. The van der Waals surface area contributed by atoms with Crippen LogP contribution in [0.25, 0.3) is 11.1 Å². The molecule has 0 aliphatic carbocycles. The minimum atomic E-state index is -0.230. The molecule has 0 aromatic heterocycles. The Kier molecular flexibility index (Phi) is 6.40. The number of amides is 1. The van der Waals surface area contributed by atoms with Gasteiger partial charge in [0.15, 0.2) is 5.84 Å². The number of oxime groups is 1. The van der Waals surface area contributed by atoms with Crippen LogP contribution in [-0.2, 0) is 0 Å². The highest BCUT2D eigenvalue weighted by atomic mass is 16.4. The average molecular weight is 429 g/mol. The summed E-state index contributed by atoms with van der Waals surface area (Å²) < 4.78 is 0. The standard InChI is InChI=1S/C26H28N4O2/c1-18-15-21(19-9-4-2-5-10-19)17-23(25(27)29-32)24(18)28-26(31)20-11-8-12-22(16-20)30-13-6-3-7-14-30/h2,4-5,8-12,15-17,32H,3,6-7,13-14H2,1H3,(H2,27,29)(H,28,31). The van der Waals surface area contributed by atoms with Crippen molar-refractivity contribution in [3.05, 3.63) is 83.4 Å². The molecule has 1 aliphatic heterocycles. The number of nitrogens with two attached hydrogens (primary N) is 1. The third-order valence-corrected chi connectivity index (χ3v) is 5.89. The van der Waals surface area contributed by atoms with Gasteiger partial charge in [0.05, 0.1) is 5.69 Å². The Bertz CT molecular complexity index is 1140. The van der Waals surface area contributed by atoms with Crippen LogP contribution < -0.4 is 16.0 Å². The van der Waals surface area contributed by atoms with Gasteiger partial charge >= 0.3 is 0 Å². The van der Waals surface area contributed by atoms with Gasteiger partial charge in [-0.25, -0.2) is 0 Å². The zero-order chi connectivity index (χ0) is 22.5. The van der Waals surface area contributed by atoms with Crippen molar-refractivity contribution in [1.29, 1.82) is 0 Å². The number of rotatable bonds is 5. The molecule has 6 nitrogen and oxygen atoms in total. The van der Waals surface area contributed by atoms with Crippen LogP contribution in [0.5, 0.6) is 0 Å². The molecule has 0 unspecified atom stereocenters. The number of anilines is 2. The summed E-state index contributed by atoms with van der Waals surface area (Å²) in [6.45, 7) is 3.93. The highest BCUT2D eigenvalue weighted by Crippen LogP contribution is 2.30. The summed E-state index contributed by atoms with van der Waals surface area (Å²) in [6, 6.07) is 21.4. The minimum absolute atomic E-state index is 0.0525. The first kappa shape index (κ1) is 21.4. The van der Waals surface area contributed by atoms with Crippen molar-refractivity contribution in [2.75, 3.05) is 23.3 Å². The molecule has 32 heavy (non-hydrogen) atoms.